The third-order valence-corrected chi connectivity index (χ3v) is 3.11. The van der Waals surface area contributed by atoms with Gasteiger partial charge in [0.1, 0.15) is 0 Å². The molecule has 0 saturated heterocycles. The van der Waals surface area contributed by atoms with Crippen LogP contribution in [0.3, 0.4) is 0 Å². The van der Waals surface area contributed by atoms with E-state index in [9.17, 15) is 9.59 Å². The monoisotopic (exact) mass is 276 g/mol. The number of hydrogen-bond acceptors (Lipinski definition) is 6. The molecular weight excluding hydrogens is 260 g/mol. The molecule has 0 radical (unpaired) electrons. The second-order valence-corrected chi connectivity index (χ2v) is 4.24. The largest absolute Gasteiger partial charge is 0.465 e. The first-order chi connectivity index (χ1) is 9.66. The molecule has 1 aromatic heterocycles. The number of rotatable bonds is 4. The van der Waals surface area contributed by atoms with Crippen molar-refractivity contribution in [3.63, 3.8) is 0 Å². The molecule has 0 saturated carbocycles. The Bertz CT molecular complexity index is 536. The van der Waals surface area contributed by atoms with Gasteiger partial charge in [0.25, 0.3) is 0 Å². The Morgan fingerprint density at radius 2 is 1.90 bits per heavy atom. The Labute approximate surface area is 116 Å². The maximum absolute atomic E-state index is 12.4. The van der Waals surface area contributed by atoms with Gasteiger partial charge in [-0.15, -0.1) is 0 Å². The number of pyridine rings is 1. The summed E-state index contributed by atoms with van der Waals surface area (Å²) in [5.74, 6) is -0.905. The molecule has 0 unspecified atom stereocenters. The molecule has 20 heavy (non-hydrogen) atoms. The number of nitrogens with zero attached hydrogens (tertiary/aromatic N) is 2. The number of esters is 2. The van der Waals surface area contributed by atoms with Gasteiger partial charge in [-0.25, -0.2) is 9.98 Å². The molecule has 6 heteroatoms. The van der Waals surface area contributed by atoms with Crippen molar-refractivity contribution in [3.05, 3.63) is 23.9 Å². The minimum absolute atomic E-state index is 0.114. The van der Waals surface area contributed by atoms with E-state index in [1.807, 2.05) is 0 Å². The summed E-state index contributed by atoms with van der Waals surface area (Å²) in [4.78, 5) is 33.0. The molecule has 0 aromatic carbocycles. The van der Waals surface area contributed by atoms with Crippen LogP contribution in [0, 0.1) is 0 Å². The normalized spacial score (nSPS) is 15.3. The van der Waals surface area contributed by atoms with Gasteiger partial charge in [0.2, 0.25) is 0 Å². The Kier molecular flexibility index (Phi) is 4.12. The topological polar surface area (TPSA) is 77.9 Å². The number of ether oxygens (including phenoxy) is 2. The van der Waals surface area contributed by atoms with Gasteiger partial charge in [0.15, 0.2) is 11.2 Å². The first kappa shape index (κ1) is 14.2. The molecular formula is C14H16N2O4. The highest BCUT2D eigenvalue weighted by molar-refractivity contribution is 6.10. The van der Waals surface area contributed by atoms with Crippen LogP contribution in [-0.4, -0.2) is 36.4 Å². The van der Waals surface area contributed by atoms with Crippen LogP contribution in [0.1, 0.15) is 25.8 Å². The van der Waals surface area contributed by atoms with Gasteiger partial charge < -0.3 is 9.47 Å². The van der Waals surface area contributed by atoms with Crippen molar-refractivity contribution in [1.82, 2.24) is 4.98 Å². The number of aliphatic imine (C=N–C) groups is 1. The number of hydrogen-bond donors (Lipinski definition) is 0. The molecule has 6 nitrogen and oxygen atoms in total. The predicted octanol–water partition coefficient (Wildman–Crippen LogP) is 1.55. The van der Waals surface area contributed by atoms with Gasteiger partial charge in [-0.2, -0.15) is 0 Å². The van der Waals surface area contributed by atoms with Crippen molar-refractivity contribution < 1.29 is 19.1 Å². The fourth-order valence-electron chi connectivity index (χ4n) is 2.19. The molecule has 0 spiro atoms. The Hall–Kier alpha value is -2.24. The molecule has 1 aliphatic heterocycles. The van der Waals surface area contributed by atoms with E-state index in [1.54, 1.807) is 32.2 Å². The van der Waals surface area contributed by atoms with Gasteiger partial charge in [-0.05, 0) is 19.9 Å². The minimum atomic E-state index is -1.50. The SMILES string of the molecule is CCOC(=O)C1(C(=O)OCC)CC=Nc2ncccc21. The average Bonchev–Trinajstić information content (AvgIpc) is 2.47. The fraction of sp³-hybridized carbons (Fsp3) is 0.429. The number of aromatic nitrogens is 1. The molecule has 106 valence electrons. The third kappa shape index (κ3) is 2.17. The van der Waals surface area contributed by atoms with Crippen LogP contribution in [0.5, 0.6) is 0 Å². The highest BCUT2D eigenvalue weighted by atomic mass is 16.6. The standard InChI is InChI=1S/C14H16N2O4/c1-3-19-12(17)14(13(18)20-4-2)7-9-16-11-10(14)6-5-8-15-11/h5-6,8-9H,3-4,7H2,1-2H3. The zero-order valence-electron chi connectivity index (χ0n) is 11.5. The summed E-state index contributed by atoms with van der Waals surface area (Å²) in [6.45, 7) is 3.76. The summed E-state index contributed by atoms with van der Waals surface area (Å²) >= 11 is 0. The molecule has 0 bridgehead atoms. The average molecular weight is 276 g/mol. The van der Waals surface area contributed by atoms with Crippen molar-refractivity contribution in [3.8, 4) is 0 Å². The lowest BCUT2D eigenvalue weighted by molar-refractivity contribution is -0.164. The van der Waals surface area contributed by atoms with E-state index in [0.717, 1.165) is 0 Å². The van der Waals surface area contributed by atoms with Crippen LogP contribution in [-0.2, 0) is 24.5 Å². The Balaban J connectivity index is 2.56. The summed E-state index contributed by atoms with van der Waals surface area (Å²) in [6, 6.07) is 3.32. The molecule has 1 aromatic rings. The third-order valence-electron chi connectivity index (χ3n) is 3.11. The highest BCUT2D eigenvalue weighted by Crippen LogP contribution is 2.38. The van der Waals surface area contributed by atoms with E-state index in [4.69, 9.17) is 9.47 Å². The molecule has 2 rings (SSSR count). The van der Waals surface area contributed by atoms with Gasteiger partial charge in [0.05, 0.1) is 13.2 Å². The molecule has 0 N–H and O–H groups in total. The van der Waals surface area contributed by atoms with Crippen LogP contribution < -0.4 is 0 Å². The number of carbonyl (C=O) groups is 2. The van der Waals surface area contributed by atoms with E-state index in [1.165, 1.54) is 6.21 Å². The summed E-state index contributed by atoms with van der Waals surface area (Å²) < 4.78 is 10.2. The van der Waals surface area contributed by atoms with Crippen LogP contribution >= 0.6 is 0 Å². The lowest BCUT2D eigenvalue weighted by Crippen LogP contribution is -2.47. The van der Waals surface area contributed by atoms with E-state index < -0.39 is 17.4 Å². The first-order valence-electron chi connectivity index (χ1n) is 6.49. The van der Waals surface area contributed by atoms with Gasteiger partial charge in [0, 0.05) is 24.4 Å². The zero-order valence-corrected chi connectivity index (χ0v) is 11.5. The van der Waals surface area contributed by atoms with Gasteiger partial charge in [-0.1, -0.05) is 6.07 Å². The summed E-state index contributed by atoms with van der Waals surface area (Å²) in [7, 11) is 0. The van der Waals surface area contributed by atoms with Crippen molar-refractivity contribution in [2.24, 2.45) is 4.99 Å². The highest BCUT2D eigenvalue weighted by Gasteiger charge is 2.52. The Morgan fingerprint density at radius 1 is 1.25 bits per heavy atom. The second-order valence-electron chi connectivity index (χ2n) is 4.24. The lowest BCUT2D eigenvalue weighted by Gasteiger charge is -2.30. The minimum Gasteiger partial charge on any atom is -0.465 e. The zero-order chi connectivity index (χ0) is 14.6. The number of fused-ring (bicyclic) bond motifs is 1. The van der Waals surface area contributed by atoms with E-state index >= 15 is 0 Å². The summed E-state index contributed by atoms with van der Waals surface area (Å²) in [6.07, 6.45) is 3.18. The van der Waals surface area contributed by atoms with Crippen molar-refractivity contribution in [1.29, 1.82) is 0 Å². The molecule has 0 aliphatic carbocycles. The second kappa shape index (κ2) is 5.81. The molecule has 1 aliphatic rings. The van der Waals surface area contributed by atoms with Gasteiger partial charge in [-0.3, -0.25) is 9.59 Å². The first-order valence-corrected chi connectivity index (χ1v) is 6.49. The smallest absolute Gasteiger partial charge is 0.328 e. The Morgan fingerprint density at radius 3 is 2.50 bits per heavy atom. The molecule has 0 amide bonds. The van der Waals surface area contributed by atoms with Crippen molar-refractivity contribution >= 4 is 24.0 Å². The van der Waals surface area contributed by atoms with Crippen LogP contribution in [0.25, 0.3) is 0 Å². The maximum Gasteiger partial charge on any atom is 0.328 e. The lowest BCUT2D eigenvalue weighted by atomic mass is 9.76. The summed E-state index contributed by atoms with van der Waals surface area (Å²) in [5.41, 5.74) is -1.07. The van der Waals surface area contributed by atoms with Crippen molar-refractivity contribution in [2.45, 2.75) is 25.7 Å². The van der Waals surface area contributed by atoms with E-state index in [0.29, 0.717) is 11.4 Å². The predicted molar refractivity (Wildman–Crippen MR) is 72.0 cm³/mol. The van der Waals surface area contributed by atoms with Crippen LogP contribution in [0.4, 0.5) is 5.82 Å². The summed E-state index contributed by atoms with van der Waals surface area (Å²) in [5, 5.41) is 0. The van der Waals surface area contributed by atoms with Gasteiger partial charge >= 0.3 is 11.9 Å². The van der Waals surface area contributed by atoms with Crippen LogP contribution in [0.15, 0.2) is 23.3 Å². The molecule has 2 heterocycles. The van der Waals surface area contributed by atoms with E-state index in [-0.39, 0.29) is 19.6 Å². The fourth-order valence-corrected chi connectivity index (χ4v) is 2.19. The van der Waals surface area contributed by atoms with Crippen LogP contribution in [0.2, 0.25) is 0 Å². The maximum atomic E-state index is 12.4. The van der Waals surface area contributed by atoms with E-state index in [2.05, 4.69) is 9.98 Å². The molecule has 0 fully saturated rings. The quantitative estimate of drug-likeness (QED) is 0.616. The molecule has 0 atom stereocenters. The van der Waals surface area contributed by atoms with Crippen molar-refractivity contribution in [2.75, 3.05) is 13.2 Å². The number of carbonyl (C=O) groups excluding carboxylic acids is 2.